The van der Waals surface area contributed by atoms with Crippen LogP contribution in [0, 0.1) is 0 Å². The zero-order chi connectivity index (χ0) is 7.61. The summed E-state index contributed by atoms with van der Waals surface area (Å²) >= 11 is 1.58. The van der Waals surface area contributed by atoms with Gasteiger partial charge in [0.1, 0.15) is 0 Å². The van der Waals surface area contributed by atoms with Gasteiger partial charge in [-0.1, -0.05) is 11.8 Å². The predicted octanol–water partition coefficient (Wildman–Crippen LogP) is 0.801. The summed E-state index contributed by atoms with van der Waals surface area (Å²) in [5.74, 6) is 1.000. The van der Waals surface area contributed by atoms with Crippen molar-refractivity contribution in [2.24, 2.45) is 10.7 Å². The number of hydrogen-bond donors (Lipinski definition) is 1. The Morgan fingerprint density at radius 2 is 2.50 bits per heavy atom. The third kappa shape index (κ3) is 1.64. The number of rotatable bonds is 1. The van der Waals surface area contributed by atoms with Gasteiger partial charge in [-0.25, -0.2) is 4.99 Å². The molecule has 0 fully saturated rings. The molecule has 58 valence electrons. The van der Waals surface area contributed by atoms with Gasteiger partial charge < -0.3 is 10.5 Å². The fraction of sp³-hybridized carbons (Fsp3) is 0.833. The van der Waals surface area contributed by atoms with E-state index >= 15 is 0 Å². The second kappa shape index (κ2) is 2.80. The van der Waals surface area contributed by atoms with Gasteiger partial charge in [0.05, 0.1) is 0 Å². The topological polar surface area (TPSA) is 47.6 Å². The smallest absolute Gasteiger partial charge is 0.159 e. The maximum absolute atomic E-state index is 5.52. The van der Waals surface area contributed by atoms with Gasteiger partial charge in [-0.3, -0.25) is 0 Å². The van der Waals surface area contributed by atoms with Crippen LogP contribution in [-0.2, 0) is 4.74 Å². The summed E-state index contributed by atoms with van der Waals surface area (Å²) in [6, 6.07) is 0. The molecule has 1 atom stereocenters. The van der Waals surface area contributed by atoms with E-state index < -0.39 is 0 Å². The molecule has 0 bridgehead atoms. The van der Waals surface area contributed by atoms with Gasteiger partial charge in [0.15, 0.2) is 10.9 Å². The molecule has 0 spiro atoms. The lowest BCUT2D eigenvalue weighted by molar-refractivity contribution is 0.0114. The number of methoxy groups -OCH3 is 1. The summed E-state index contributed by atoms with van der Waals surface area (Å²) in [5.41, 5.74) is 5.15. The lowest BCUT2D eigenvalue weighted by atomic mass is 10.2. The summed E-state index contributed by atoms with van der Waals surface area (Å²) in [6.07, 6.45) is 0.939. The first-order valence-electron chi connectivity index (χ1n) is 3.19. The molecule has 1 aliphatic heterocycles. The third-order valence-corrected chi connectivity index (χ3v) is 2.40. The van der Waals surface area contributed by atoms with Crippen LogP contribution in [0.25, 0.3) is 0 Å². The molecular weight excluding hydrogens is 148 g/mol. The number of aliphatic imine (C=N–C) groups is 1. The van der Waals surface area contributed by atoms with E-state index in [4.69, 9.17) is 10.5 Å². The molecule has 2 N–H and O–H groups in total. The number of thioether (sulfide) groups is 1. The molecule has 0 aromatic carbocycles. The number of hydrogen-bond acceptors (Lipinski definition) is 4. The maximum atomic E-state index is 5.52. The van der Waals surface area contributed by atoms with Gasteiger partial charge >= 0.3 is 0 Å². The number of nitrogens with two attached hydrogens (primary N) is 1. The molecule has 1 rings (SSSR count). The SMILES string of the molecule is CO[C@@]1(C)CCSC(N)=N1. The number of ether oxygens (including phenoxy) is 1. The van der Waals surface area contributed by atoms with E-state index in [0.29, 0.717) is 5.17 Å². The van der Waals surface area contributed by atoms with E-state index in [1.165, 1.54) is 0 Å². The van der Waals surface area contributed by atoms with Gasteiger partial charge in [-0.05, 0) is 6.92 Å². The van der Waals surface area contributed by atoms with Gasteiger partial charge in [0.2, 0.25) is 0 Å². The Balaban J connectivity index is 2.69. The summed E-state index contributed by atoms with van der Waals surface area (Å²) in [7, 11) is 1.66. The molecular formula is C6H12N2OS. The minimum Gasteiger partial charge on any atom is -0.378 e. The highest BCUT2D eigenvalue weighted by molar-refractivity contribution is 8.13. The molecule has 10 heavy (non-hydrogen) atoms. The van der Waals surface area contributed by atoms with E-state index in [9.17, 15) is 0 Å². The van der Waals surface area contributed by atoms with Crippen LogP contribution >= 0.6 is 11.8 Å². The molecule has 0 aliphatic carbocycles. The van der Waals surface area contributed by atoms with Crippen LogP contribution in [0.5, 0.6) is 0 Å². The van der Waals surface area contributed by atoms with Crippen LogP contribution in [0.3, 0.4) is 0 Å². The number of nitrogens with zero attached hydrogens (tertiary/aromatic N) is 1. The summed E-state index contributed by atoms with van der Waals surface area (Å²) in [6.45, 7) is 1.94. The molecule has 4 heteroatoms. The van der Waals surface area contributed by atoms with Crippen LogP contribution < -0.4 is 5.73 Å². The monoisotopic (exact) mass is 160 g/mol. The standard InChI is InChI=1S/C6H12N2OS/c1-6(9-2)3-4-10-5(7)8-6/h3-4H2,1-2H3,(H2,7,8)/t6-/m0/s1. The minimum atomic E-state index is -0.366. The molecule has 1 aliphatic rings. The Morgan fingerprint density at radius 1 is 1.80 bits per heavy atom. The summed E-state index contributed by atoms with van der Waals surface area (Å²) in [4.78, 5) is 4.17. The van der Waals surface area contributed by atoms with E-state index in [1.807, 2.05) is 6.92 Å². The lowest BCUT2D eigenvalue weighted by Crippen LogP contribution is -2.32. The molecule has 0 radical (unpaired) electrons. The minimum absolute atomic E-state index is 0.366. The second-order valence-corrected chi connectivity index (χ2v) is 3.54. The van der Waals surface area contributed by atoms with Crippen LogP contribution in [0.2, 0.25) is 0 Å². The highest BCUT2D eigenvalue weighted by Crippen LogP contribution is 2.25. The Hall–Kier alpha value is -0.220. The van der Waals surface area contributed by atoms with Crippen molar-refractivity contribution in [2.45, 2.75) is 19.1 Å². The Bertz CT molecular complexity index is 160. The maximum Gasteiger partial charge on any atom is 0.159 e. The van der Waals surface area contributed by atoms with Crippen molar-refractivity contribution in [1.82, 2.24) is 0 Å². The van der Waals surface area contributed by atoms with Crippen molar-refractivity contribution in [1.29, 1.82) is 0 Å². The van der Waals surface area contributed by atoms with Crippen molar-refractivity contribution in [3.63, 3.8) is 0 Å². The molecule has 0 saturated heterocycles. The van der Waals surface area contributed by atoms with Crippen LogP contribution in [0.4, 0.5) is 0 Å². The van der Waals surface area contributed by atoms with E-state index in [2.05, 4.69) is 4.99 Å². The fourth-order valence-corrected chi connectivity index (χ4v) is 1.76. The van der Waals surface area contributed by atoms with E-state index in [-0.39, 0.29) is 5.72 Å². The fourth-order valence-electron chi connectivity index (χ4n) is 0.814. The highest BCUT2D eigenvalue weighted by Gasteiger charge is 2.25. The van der Waals surface area contributed by atoms with Crippen molar-refractivity contribution in [3.05, 3.63) is 0 Å². The van der Waals surface area contributed by atoms with Gasteiger partial charge in [-0.15, -0.1) is 0 Å². The summed E-state index contributed by atoms with van der Waals surface area (Å²) in [5, 5.41) is 0.635. The quantitative estimate of drug-likeness (QED) is 0.617. The molecule has 0 aromatic heterocycles. The van der Waals surface area contributed by atoms with Gasteiger partial charge in [-0.2, -0.15) is 0 Å². The second-order valence-electron chi connectivity index (χ2n) is 2.43. The molecule has 0 unspecified atom stereocenters. The third-order valence-electron chi connectivity index (χ3n) is 1.60. The van der Waals surface area contributed by atoms with Gasteiger partial charge in [0.25, 0.3) is 0 Å². The first kappa shape index (κ1) is 7.88. The summed E-state index contributed by atoms with van der Waals surface area (Å²) < 4.78 is 5.17. The number of amidine groups is 1. The van der Waals surface area contributed by atoms with E-state index in [0.717, 1.165) is 12.2 Å². The van der Waals surface area contributed by atoms with Crippen molar-refractivity contribution < 1.29 is 4.74 Å². The molecule has 3 nitrogen and oxygen atoms in total. The molecule has 0 aromatic rings. The Labute approximate surface area is 65.0 Å². The predicted molar refractivity (Wildman–Crippen MR) is 44.1 cm³/mol. The molecule has 1 heterocycles. The first-order chi connectivity index (χ1) is 4.66. The van der Waals surface area contributed by atoms with Crippen molar-refractivity contribution in [3.8, 4) is 0 Å². The van der Waals surface area contributed by atoms with Crippen LogP contribution in [0.1, 0.15) is 13.3 Å². The highest BCUT2D eigenvalue weighted by atomic mass is 32.2. The zero-order valence-corrected chi connectivity index (χ0v) is 7.07. The van der Waals surface area contributed by atoms with Crippen LogP contribution in [0.15, 0.2) is 4.99 Å². The lowest BCUT2D eigenvalue weighted by Gasteiger charge is -2.27. The van der Waals surface area contributed by atoms with Crippen LogP contribution in [-0.4, -0.2) is 23.8 Å². The normalized spacial score (nSPS) is 33.6. The van der Waals surface area contributed by atoms with Crippen molar-refractivity contribution >= 4 is 16.9 Å². The van der Waals surface area contributed by atoms with Gasteiger partial charge in [0, 0.05) is 19.3 Å². The largest absolute Gasteiger partial charge is 0.378 e. The Kier molecular flexibility index (Phi) is 2.21. The van der Waals surface area contributed by atoms with Crippen molar-refractivity contribution in [2.75, 3.05) is 12.9 Å². The molecule has 0 amide bonds. The average Bonchev–Trinajstić information content (AvgIpc) is 1.88. The van der Waals surface area contributed by atoms with E-state index in [1.54, 1.807) is 18.9 Å². The molecule has 0 saturated carbocycles. The first-order valence-corrected chi connectivity index (χ1v) is 4.18. The average molecular weight is 160 g/mol. The Morgan fingerprint density at radius 3 is 2.90 bits per heavy atom. The zero-order valence-electron chi connectivity index (χ0n) is 6.26.